The second-order valence-corrected chi connectivity index (χ2v) is 6.18. The van der Waals surface area contributed by atoms with E-state index in [9.17, 15) is 4.79 Å². The van der Waals surface area contributed by atoms with Crippen molar-refractivity contribution in [2.45, 2.75) is 40.8 Å². The Balaban J connectivity index is 1.76. The summed E-state index contributed by atoms with van der Waals surface area (Å²) in [4.78, 5) is 16.2. The molecule has 136 valence electrons. The SMILES string of the molecule is CCOc1ncccc1CNC(=O)NCC(C)Cn1nc(C)cc1C. The predicted octanol–water partition coefficient (Wildman–Crippen LogP) is 2.43. The van der Waals surface area contributed by atoms with Crippen molar-refractivity contribution in [2.24, 2.45) is 5.92 Å². The molecule has 2 aromatic rings. The van der Waals surface area contributed by atoms with E-state index in [-0.39, 0.29) is 11.9 Å². The van der Waals surface area contributed by atoms with Gasteiger partial charge in [-0.2, -0.15) is 5.10 Å². The minimum Gasteiger partial charge on any atom is -0.478 e. The van der Waals surface area contributed by atoms with Crippen LogP contribution in [0.5, 0.6) is 5.88 Å². The van der Waals surface area contributed by atoms with E-state index in [1.54, 1.807) is 6.20 Å². The van der Waals surface area contributed by atoms with Crippen LogP contribution in [0.4, 0.5) is 4.79 Å². The lowest BCUT2D eigenvalue weighted by atomic mass is 10.2. The van der Waals surface area contributed by atoms with Crippen LogP contribution in [0, 0.1) is 19.8 Å². The second kappa shape index (κ2) is 9.05. The zero-order valence-corrected chi connectivity index (χ0v) is 15.4. The van der Waals surface area contributed by atoms with Gasteiger partial charge < -0.3 is 15.4 Å². The van der Waals surface area contributed by atoms with Gasteiger partial charge in [0.25, 0.3) is 0 Å². The number of aromatic nitrogens is 3. The van der Waals surface area contributed by atoms with E-state index in [0.29, 0.717) is 25.6 Å². The topological polar surface area (TPSA) is 81.1 Å². The fourth-order valence-corrected chi connectivity index (χ4v) is 2.55. The van der Waals surface area contributed by atoms with Gasteiger partial charge in [0.1, 0.15) is 0 Å². The molecular weight excluding hydrogens is 318 g/mol. The first-order valence-corrected chi connectivity index (χ1v) is 8.59. The lowest BCUT2D eigenvalue weighted by molar-refractivity contribution is 0.237. The van der Waals surface area contributed by atoms with E-state index in [1.165, 1.54) is 0 Å². The van der Waals surface area contributed by atoms with Crippen LogP contribution < -0.4 is 15.4 Å². The van der Waals surface area contributed by atoms with E-state index in [4.69, 9.17) is 4.74 Å². The Hall–Kier alpha value is -2.57. The van der Waals surface area contributed by atoms with Crippen LogP contribution in [0.3, 0.4) is 0 Å². The second-order valence-electron chi connectivity index (χ2n) is 6.18. The molecule has 0 radical (unpaired) electrons. The predicted molar refractivity (Wildman–Crippen MR) is 96.5 cm³/mol. The highest BCUT2D eigenvalue weighted by atomic mass is 16.5. The first-order chi connectivity index (χ1) is 12.0. The van der Waals surface area contributed by atoms with E-state index in [0.717, 1.165) is 23.5 Å². The maximum absolute atomic E-state index is 12.0. The third kappa shape index (κ3) is 5.77. The Bertz CT molecular complexity index is 699. The van der Waals surface area contributed by atoms with Gasteiger partial charge in [-0.1, -0.05) is 13.0 Å². The van der Waals surface area contributed by atoms with E-state index in [1.807, 2.05) is 37.6 Å². The molecule has 0 aliphatic carbocycles. The molecule has 0 aromatic carbocycles. The summed E-state index contributed by atoms with van der Waals surface area (Å²) in [5, 5.41) is 10.2. The fraction of sp³-hybridized carbons (Fsp3) is 0.500. The Kier molecular flexibility index (Phi) is 6.80. The molecule has 2 amide bonds. The van der Waals surface area contributed by atoms with Crippen LogP contribution in [0.15, 0.2) is 24.4 Å². The molecule has 25 heavy (non-hydrogen) atoms. The van der Waals surface area contributed by atoms with E-state index in [2.05, 4.69) is 33.7 Å². The number of hydrogen-bond donors (Lipinski definition) is 2. The van der Waals surface area contributed by atoms with E-state index < -0.39 is 0 Å². The number of ether oxygens (including phenoxy) is 1. The summed E-state index contributed by atoms with van der Waals surface area (Å²) >= 11 is 0. The number of hydrogen-bond acceptors (Lipinski definition) is 4. The summed E-state index contributed by atoms with van der Waals surface area (Å²) in [7, 11) is 0. The first-order valence-electron chi connectivity index (χ1n) is 8.59. The van der Waals surface area contributed by atoms with Crippen molar-refractivity contribution in [2.75, 3.05) is 13.2 Å². The van der Waals surface area contributed by atoms with Gasteiger partial charge in [0.15, 0.2) is 0 Å². The Morgan fingerprint density at radius 2 is 2.16 bits per heavy atom. The third-order valence-electron chi connectivity index (χ3n) is 3.77. The van der Waals surface area contributed by atoms with Crippen LogP contribution in [0.25, 0.3) is 0 Å². The molecule has 2 N–H and O–H groups in total. The van der Waals surface area contributed by atoms with Crippen molar-refractivity contribution < 1.29 is 9.53 Å². The molecule has 1 atom stereocenters. The maximum atomic E-state index is 12.0. The Morgan fingerprint density at radius 1 is 1.36 bits per heavy atom. The number of carbonyl (C=O) groups excluding carboxylic acids is 1. The van der Waals surface area contributed by atoms with Crippen molar-refractivity contribution in [1.29, 1.82) is 0 Å². The summed E-state index contributed by atoms with van der Waals surface area (Å²) in [6.45, 7) is 10.3. The summed E-state index contributed by atoms with van der Waals surface area (Å²) in [5.74, 6) is 0.837. The molecule has 2 heterocycles. The zero-order valence-electron chi connectivity index (χ0n) is 15.4. The number of aryl methyl sites for hydroxylation is 2. The largest absolute Gasteiger partial charge is 0.478 e. The number of urea groups is 1. The monoisotopic (exact) mass is 345 g/mol. The van der Waals surface area contributed by atoms with Crippen LogP contribution in [0.2, 0.25) is 0 Å². The quantitative estimate of drug-likeness (QED) is 0.770. The van der Waals surface area contributed by atoms with Crippen molar-refractivity contribution in [1.82, 2.24) is 25.4 Å². The van der Waals surface area contributed by atoms with Crippen molar-refractivity contribution in [3.63, 3.8) is 0 Å². The Labute approximate surface area is 148 Å². The fourth-order valence-electron chi connectivity index (χ4n) is 2.55. The average molecular weight is 345 g/mol. The van der Waals surface area contributed by atoms with Crippen molar-refractivity contribution >= 4 is 6.03 Å². The highest BCUT2D eigenvalue weighted by Gasteiger charge is 2.10. The highest BCUT2D eigenvalue weighted by molar-refractivity contribution is 5.73. The smallest absolute Gasteiger partial charge is 0.315 e. The molecule has 2 rings (SSSR count). The number of nitrogens with zero attached hydrogens (tertiary/aromatic N) is 3. The number of carbonyl (C=O) groups is 1. The highest BCUT2D eigenvalue weighted by Crippen LogP contribution is 2.13. The van der Waals surface area contributed by atoms with Crippen LogP contribution in [-0.2, 0) is 13.1 Å². The normalized spacial score (nSPS) is 11.8. The molecule has 0 bridgehead atoms. The lowest BCUT2D eigenvalue weighted by Crippen LogP contribution is -2.38. The van der Waals surface area contributed by atoms with E-state index >= 15 is 0 Å². The van der Waals surface area contributed by atoms with Gasteiger partial charge >= 0.3 is 6.03 Å². The average Bonchev–Trinajstić information content (AvgIpc) is 2.89. The van der Waals surface area contributed by atoms with Gasteiger partial charge in [-0.3, -0.25) is 4.68 Å². The van der Waals surface area contributed by atoms with Gasteiger partial charge in [0.2, 0.25) is 5.88 Å². The van der Waals surface area contributed by atoms with Crippen LogP contribution >= 0.6 is 0 Å². The molecular formula is C18H27N5O2. The van der Waals surface area contributed by atoms with Gasteiger partial charge in [-0.05, 0) is 38.8 Å². The molecule has 1 unspecified atom stereocenters. The molecule has 0 spiro atoms. The number of rotatable bonds is 8. The van der Waals surface area contributed by atoms with Crippen molar-refractivity contribution in [3.05, 3.63) is 41.3 Å². The van der Waals surface area contributed by atoms with Crippen molar-refractivity contribution in [3.8, 4) is 5.88 Å². The summed E-state index contributed by atoms with van der Waals surface area (Å²) in [5.41, 5.74) is 3.00. The van der Waals surface area contributed by atoms with Gasteiger partial charge in [0.05, 0.1) is 12.3 Å². The molecule has 0 saturated carbocycles. The number of nitrogens with one attached hydrogen (secondary N) is 2. The first kappa shape index (κ1) is 18.8. The molecule has 0 aliphatic rings. The third-order valence-corrected chi connectivity index (χ3v) is 3.77. The van der Waals surface area contributed by atoms with Gasteiger partial charge in [-0.15, -0.1) is 0 Å². The minimum absolute atomic E-state index is 0.202. The van der Waals surface area contributed by atoms with Crippen LogP contribution in [-0.4, -0.2) is 33.9 Å². The standard InChI is InChI=1S/C18H27N5O2/c1-5-25-17-16(7-6-8-19-17)11-21-18(24)20-10-13(2)12-23-15(4)9-14(3)22-23/h6-9,13H,5,10-12H2,1-4H3,(H2,20,21,24). The molecule has 0 aliphatic heterocycles. The van der Waals surface area contributed by atoms with Gasteiger partial charge in [0, 0.05) is 37.1 Å². The molecule has 0 fully saturated rings. The maximum Gasteiger partial charge on any atom is 0.315 e. The number of amides is 2. The molecule has 2 aromatic heterocycles. The lowest BCUT2D eigenvalue weighted by Gasteiger charge is -2.15. The molecule has 7 nitrogen and oxygen atoms in total. The molecule has 0 saturated heterocycles. The number of pyridine rings is 1. The van der Waals surface area contributed by atoms with Crippen LogP contribution in [0.1, 0.15) is 30.8 Å². The summed E-state index contributed by atoms with van der Waals surface area (Å²) < 4.78 is 7.43. The zero-order chi connectivity index (χ0) is 18.2. The minimum atomic E-state index is -0.202. The Morgan fingerprint density at radius 3 is 2.84 bits per heavy atom. The van der Waals surface area contributed by atoms with Gasteiger partial charge in [-0.25, -0.2) is 9.78 Å². The summed E-state index contributed by atoms with van der Waals surface area (Å²) in [6.07, 6.45) is 1.68. The summed E-state index contributed by atoms with van der Waals surface area (Å²) in [6, 6.07) is 5.57. The molecule has 7 heteroatoms.